The summed E-state index contributed by atoms with van der Waals surface area (Å²) in [5, 5.41) is 5.46. The van der Waals surface area contributed by atoms with Crippen LogP contribution >= 0.6 is 22.9 Å². The number of carbonyl (C=O) groups excluding carboxylic acids is 2. The number of halogens is 1. The molecule has 0 saturated heterocycles. The Bertz CT molecular complexity index is 1010. The van der Waals surface area contributed by atoms with Crippen LogP contribution < -0.4 is 10.1 Å². The van der Waals surface area contributed by atoms with Gasteiger partial charge in [0.2, 0.25) is 0 Å². The maximum atomic E-state index is 12.7. The molecule has 1 heterocycles. The van der Waals surface area contributed by atoms with Gasteiger partial charge in [-0.2, -0.15) is 0 Å². The highest BCUT2D eigenvalue weighted by Crippen LogP contribution is 2.24. The van der Waals surface area contributed by atoms with Crippen molar-refractivity contribution in [2.24, 2.45) is 0 Å². The van der Waals surface area contributed by atoms with Crippen LogP contribution in [-0.4, -0.2) is 23.5 Å². The number of hydrogen-bond acceptors (Lipinski definition) is 6. The summed E-state index contributed by atoms with van der Waals surface area (Å²) < 4.78 is 10.7. The highest BCUT2D eigenvalue weighted by atomic mass is 35.5. The molecule has 0 bridgehead atoms. The van der Waals surface area contributed by atoms with E-state index in [0.29, 0.717) is 33.8 Å². The Morgan fingerprint density at radius 3 is 2.69 bits per heavy atom. The molecule has 0 unspecified atom stereocenters. The molecule has 8 heteroatoms. The summed E-state index contributed by atoms with van der Waals surface area (Å²) in [7, 11) is 0. The summed E-state index contributed by atoms with van der Waals surface area (Å²) in [4.78, 5) is 28.5. The average molecular weight is 431 g/mol. The molecule has 0 aliphatic rings. The number of carbonyl (C=O) groups is 2. The van der Waals surface area contributed by atoms with E-state index in [9.17, 15) is 9.59 Å². The number of anilines is 1. The minimum atomic E-state index is -0.353. The van der Waals surface area contributed by atoms with Crippen molar-refractivity contribution in [3.05, 3.63) is 75.8 Å². The summed E-state index contributed by atoms with van der Waals surface area (Å²) in [6, 6.07) is 14.3. The molecule has 0 radical (unpaired) electrons. The number of benzene rings is 2. The standard InChI is InChI=1S/C21H19ClN2O4S/c1-2-27-19(25)11-15-13-29-21(23-15)24-20(26)16-8-4-6-10-18(16)28-12-14-7-3-5-9-17(14)22/h3-10,13H,2,11-12H2,1H3,(H,23,24,26). The van der Waals surface area contributed by atoms with Gasteiger partial charge in [0.1, 0.15) is 12.4 Å². The van der Waals surface area contributed by atoms with Crippen molar-refractivity contribution < 1.29 is 19.1 Å². The lowest BCUT2D eigenvalue weighted by atomic mass is 10.2. The SMILES string of the molecule is CCOC(=O)Cc1csc(NC(=O)c2ccccc2OCc2ccccc2Cl)n1. The third-order valence-corrected chi connectivity index (χ3v) is 5.05. The lowest BCUT2D eigenvalue weighted by Crippen LogP contribution is -2.14. The van der Waals surface area contributed by atoms with E-state index in [0.717, 1.165) is 5.56 Å². The quantitative estimate of drug-likeness (QED) is 0.522. The zero-order valence-electron chi connectivity index (χ0n) is 15.7. The summed E-state index contributed by atoms with van der Waals surface area (Å²) in [5.74, 6) is -0.265. The fourth-order valence-corrected chi connectivity index (χ4v) is 3.42. The molecule has 3 rings (SSSR count). The van der Waals surface area contributed by atoms with E-state index in [2.05, 4.69) is 10.3 Å². The van der Waals surface area contributed by atoms with Gasteiger partial charge < -0.3 is 9.47 Å². The predicted molar refractivity (Wildman–Crippen MR) is 113 cm³/mol. The maximum absolute atomic E-state index is 12.7. The number of para-hydroxylation sites is 1. The molecule has 1 N–H and O–H groups in total. The van der Waals surface area contributed by atoms with Crippen LogP contribution in [0.25, 0.3) is 0 Å². The molecular weight excluding hydrogens is 412 g/mol. The summed E-state index contributed by atoms with van der Waals surface area (Å²) in [5.41, 5.74) is 1.75. The molecule has 0 fully saturated rings. The third kappa shape index (κ3) is 5.79. The molecule has 0 spiro atoms. The zero-order chi connectivity index (χ0) is 20.6. The van der Waals surface area contributed by atoms with Crippen LogP contribution in [0.15, 0.2) is 53.9 Å². The summed E-state index contributed by atoms with van der Waals surface area (Å²) >= 11 is 7.40. The second kappa shape index (κ2) is 10.0. The monoisotopic (exact) mass is 430 g/mol. The van der Waals surface area contributed by atoms with Crippen molar-refractivity contribution >= 4 is 39.9 Å². The number of rotatable bonds is 8. The first-order chi connectivity index (χ1) is 14.1. The molecule has 0 aliphatic heterocycles. The maximum Gasteiger partial charge on any atom is 0.311 e. The fourth-order valence-electron chi connectivity index (χ4n) is 2.52. The average Bonchev–Trinajstić information content (AvgIpc) is 3.14. The van der Waals surface area contributed by atoms with Crippen LogP contribution in [0.3, 0.4) is 0 Å². The molecule has 0 atom stereocenters. The summed E-state index contributed by atoms with van der Waals surface area (Å²) in [6.07, 6.45) is 0.0672. The lowest BCUT2D eigenvalue weighted by Gasteiger charge is -2.11. The Morgan fingerprint density at radius 2 is 1.90 bits per heavy atom. The van der Waals surface area contributed by atoms with Gasteiger partial charge in [-0.05, 0) is 25.1 Å². The van der Waals surface area contributed by atoms with E-state index < -0.39 is 0 Å². The van der Waals surface area contributed by atoms with E-state index in [-0.39, 0.29) is 24.9 Å². The topological polar surface area (TPSA) is 77.5 Å². The van der Waals surface area contributed by atoms with Gasteiger partial charge in [-0.15, -0.1) is 11.3 Å². The Morgan fingerprint density at radius 1 is 1.14 bits per heavy atom. The van der Waals surface area contributed by atoms with Gasteiger partial charge in [-0.25, -0.2) is 4.98 Å². The first-order valence-electron chi connectivity index (χ1n) is 8.93. The minimum absolute atomic E-state index is 0.0672. The Labute approximate surface area is 177 Å². The Balaban J connectivity index is 1.66. The molecular formula is C21H19ClN2O4S. The van der Waals surface area contributed by atoms with Gasteiger partial charge in [0.25, 0.3) is 5.91 Å². The van der Waals surface area contributed by atoms with Crippen LogP contribution in [-0.2, 0) is 22.6 Å². The van der Waals surface area contributed by atoms with Crippen LogP contribution in [0, 0.1) is 0 Å². The van der Waals surface area contributed by atoms with Crippen molar-refractivity contribution in [3.8, 4) is 5.75 Å². The van der Waals surface area contributed by atoms with Crippen molar-refractivity contribution in [2.45, 2.75) is 20.0 Å². The predicted octanol–water partition coefficient (Wildman–Crippen LogP) is 4.73. The second-order valence-corrected chi connectivity index (χ2v) is 7.22. The minimum Gasteiger partial charge on any atom is -0.488 e. The van der Waals surface area contributed by atoms with E-state index in [1.54, 1.807) is 42.6 Å². The Hall–Kier alpha value is -2.90. The van der Waals surface area contributed by atoms with Gasteiger partial charge >= 0.3 is 5.97 Å². The van der Waals surface area contributed by atoms with Gasteiger partial charge in [-0.3, -0.25) is 14.9 Å². The van der Waals surface area contributed by atoms with Crippen molar-refractivity contribution in [1.29, 1.82) is 0 Å². The van der Waals surface area contributed by atoms with Crippen LogP contribution in [0.2, 0.25) is 5.02 Å². The molecule has 2 aromatic carbocycles. The molecule has 29 heavy (non-hydrogen) atoms. The smallest absolute Gasteiger partial charge is 0.311 e. The lowest BCUT2D eigenvalue weighted by molar-refractivity contribution is -0.142. The molecule has 1 amide bonds. The van der Waals surface area contributed by atoms with E-state index >= 15 is 0 Å². The highest BCUT2D eigenvalue weighted by Gasteiger charge is 2.15. The van der Waals surface area contributed by atoms with Gasteiger partial charge in [0.05, 0.1) is 24.3 Å². The molecule has 1 aromatic heterocycles. The zero-order valence-corrected chi connectivity index (χ0v) is 17.3. The highest BCUT2D eigenvalue weighted by molar-refractivity contribution is 7.14. The van der Waals surface area contributed by atoms with Crippen molar-refractivity contribution in [2.75, 3.05) is 11.9 Å². The number of aromatic nitrogens is 1. The van der Waals surface area contributed by atoms with E-state index in [1.165, 1.54) is 11.3 Å². The number of nitrogens with zero attached hydrogens (tertiary/aromatic N) is 1. The summed E-state index contributed by atoms with van der Waals surface area (Å²) in [6.45, 7) is 2.30. The Kier molecular flexibility index (Phi) is 7.21. The van der Waals surface area contributed by atoms with Gasteiger partial charge in [0, 0.05) is 16.0 Å². The van der Waals surface area contributed by atoms with E-state index in [1.807, 2.05) is 18.2 Å². The molecule has 0 saturated carbocycles. The number of esters is 1. The number of thiazole rings is 1. The first kappa shape index (κ1) is 20.8. The van der Waals surface area contributed by atoms with E-state index in [4.69, 9.17) is 21.1 Å². The van der Waals surface area contributed by atoms with Crippen molar-refractivity contribution in [3.63, 3.8) is 0 Å². The van der Waals surface area contributed by atoms with Crippen LogP contribution in [0.5, 0.6) is 5.75 Å². The fraction of sp³-hybridized carbons (Fsp3) is 0.190. The largest absolute Gasteiger partial charge is 0.488 e. The number of amides is 1. The van der Waals surface area contributed by atoms with Crippen LogP contribution in [0.4, 0.5) is 5.13 Å². The third-order valence-electron chi connectivity index (χ3n) is 3.88. The van der Waals surface area contributed by atoms with Gasteiger partial charge in [0.15, 0.2) is 5.13 Å². The first-order valence-corrected chi connectivity index (χ1v) is 10.2. The number of hydrogen-bond donors (Lipinski definition) is 1. The molecule has 0 aliphatic carbocycles. The molecule has 150 valence electrons. The number of ether oxygens (including phenoxy) is 2. The molecule has 6 nitrogen and oxygen atoms in total. The normalized spacial score (nSPS) is 10.4. The molecule has 3 aromatic rings. The number of nitrogens with one attached hydrogen (secondary N) is 1. The second-order valence-electron chi connectivity index (χ2n) is 5.96. The van der Waals surface area contributed by atoms with Crippen molar-refractivity contribution in [1.82, 2.24) is 4.98 Å². The van der Waals surface area contributed by atoms with Crippen LogP contribution in [0.1, 0.15) is 28.5 Å². The van der Waals surface area contributed by atoms with Gasteiger partial charge in [-0.1, -0.05) is 41.9 Å².